The molecule has 1 atom stereocenters. The highest BCUT2D eigenvalue weighted by Gasteiger charge is 2.14. The Morgan fingerprint density at radius 1 is 1.37 bits per heavy atom. The van der Waals surface area contributed by atoms with Gasteiger partial charge in [0.25, 0.3) is 0 Å². The van der Waals surface area contributed by atoms with Crippen molar-refractivity contribution in [1.29, 1.82) is 0 Å². The molecule has 2 aromatic rings. The molecule has 0 bridgehead atoms. The number of aromatic nitrogens is 1. The minimum absolute atomic E-state index is 0.00164. The van der Waals surface area contributed by atoms with Crippen molar-refractivity contribution in [2.75, 3.05) is 7.05 Å². The van der Waals surface area contributed by atoms with E-state index < -0.39 is 0 Å². The van der Waals surface area contributed by atoms with Gasteiger partial charge in [0.1, 0.15) is 5.82 Å². The van der Waals surface area contributed by atoms with E-state index in [1.165, 1.54) is 12.1 Å². The van der Waals surface area contributed by atoms with Crippen LogP contribution in [0.2, 0.25) is 5.02 Å². The predicted molar refractivity (Wildman–Crippen MR) is 78.9 cm³/mol. The number of rotatable bonds is 4. The molecule has 0 aliphatic heterocycles. The topological polar surface area (TPSA) is 24.9 Å². The maximum absolute atomic E-state index is 13.1. The van der Waals surface area contributed by atoms with E-state index >= 15 is 0 Å². The Kier molecular flexibility index (Phi) is 4.91. The Balaban J connectivity index is 2.22. The molecule has 0 amide bonds. The molecule has 0 fully saturated rings. The van der Waals surface area contributed by atoms with E-state index in [4.69, 9.17) is 11.6 Å². The first-order chi connectivity index (χ1) is 9.10. The van der Waals surface area contributed by atoms with Crippen LogP contribution >= 0.6 is 27.5 Å². The fraction of sp³-hybridized carbons (Fsp3) is 0.214. The fourth-order valence-corrected chi connectivity index (χ4v) is 2.42. The van der Waals surface area contributed by atoms with Gasteiger partial charge in [-0.15, -0.1) is 0 Å². The van der Waals surface area contributed by atoms with E-state index in [9.17, 15) is 4.39 Å². The summed E-state index contributed by atoms with van der Waals surface area (Å²) in [6.07, 6.45) is 2.45. The van der Waals surface area contributed by atoms with Gasteiger partial charge in [-0.2, -0.15) is 0 Å². The largest absolute Gasteiger partial charge is 0.313 e. The van der Waals surface area contributed by atoms with Crippen LogP contribution in [0, 0.1) is 5.82 Å². The molecule has 1 N–H and O–H groups in total. The van der Waals surface area contributed by atoms with Crippen molar-refractivity contribution in [3.8, 4) is 0 Å². The normalized spacial score (nSPS) is 12.4. The first kappa shape index (κ1) is 14.4. The highest BCUT2D eigenvalue weighted by Crippen LogP contribution is 2.26. The number of benzene rings is 1. The first-order valence-electron chi connectivity index (χ1n) is 5.83. The third kappa shape index (κ3) is 3.75. The molecule has 0 radical (unpaired) electrons. The van der Waals surface area contributed by atoms with Gasteiger partial charge in [0.2, 0.25) is 0 Å². The maximum atomic E-state index is 13.1. The Hall–Kier alpha value is -0.970. The lowest BCUT2D eigenvalue weighted by molar-refractivity contribution is 0.579. The van der Waals surface area contributed by atoms with Crippen molar-refractivity contribution >= 4 is 27.5 Å². The highest BCUT2D eigenvalue weighted by molar-refractivity contribution is 9.10. The first-order valence-corrected chi connectivity index (χ1v) is 7.00. The standard InChI is InChI=1S/C14H13BrClFN2/c1-18-14(7-11-4-2-9(15)8-19-11)12-5-3-10(17)6-13(12)16/h2-6,8,14,18H,7H2,1H3. The molecule has 0 spiro atoms. The van der Waals surface area contributed by atoms with Gasteiger partial charge in [-0.1, -0.05) is 17.7 Å². The minimum Gasteiger partial charge on any atom is -0.313 e. The van der Waals surface area contributed by atoms with Crippen LogP contribution < -0.4 is 5.32 Å². The van der Waals surface area contributed by atoms with Crippen molar-refractivity contribution in [2.24, 2.45) is 0 Å². The Bertz CT molecular complexity index is 560. The van der Waals surface area contributed by atoms with Gasteiger partial charge in [-0.05, 0) is 52.8 Å². The molecule has 1 unspecified atom stereocenters. The summed E-state index contributed by atoms with van der Waals surface area (Å²) in [7, 11) is 1.85. The molecule has 0 saturated heterocycles. The van der Waals surface area contributed by atoms with Crippen LogP contribution in [0.1, 0.15) is 17.3 Å². The maximum Gasteiger partial charge on any atom is 0.124 e. The van der Waals surface area contributed by atoms with E-state index in [1.807, 2.05) is 19.2 Å². The molecule has 0 aliphatic carbocycles. The summed E-state index contributed by atoms with van der Waals surface area (Å²) in [5.74, 6) is -0.328. The van der Waals surface area contributed by atoms with Crippen molar-refractivity contribution in [1.82, 2.24) is 10.3 Å². The molecular formula is C14H13BrClFN2. The van der Waals surface area contributed by atoms with Gasteiger partial charge in [0, 0.05) is 33.8 Å². The van der Waals surface area contributed by atoms with E-state index in [1.54, 1.807) is 12.3 Å². The number of likely N-dealkylation sites (N-methyl/N-ethyl adjacent to an activating group) is 1. The third-order valence-electron chi connectivity index (χ3n) is 2.89. The SMILES string of the molecule is CNC(Cc1ccc(Br)cn1)c1ccc(F)cc1Cl. The van der Waals surface area contributed by atoms with Crippen molar-refractivity contribution in [3.63, 3.8) is 0 Å². The number of nitrogens with one attached hydrogen (secondary N) is 1. The lowest BCUT2D eigenvalue weighted by Crippen LogP contribution is -2.19. The Labute approximate surface area is 125 Å². The molecule has 1 aromatic carbocycles. The monoisotopic (exact) mass is 342 g/mol. The number of hydrogen-bond donors (Lipinski definition) is 1. The number of halogens is 3. The lowest BCUT2D eigenvalue weighted by atomic mass is 10.0. The van der Waals surface area contributed by atoms with Gasteiger partial charge in [-0.25, -0.2) is 4.39 Å². The second-order valence-electron chi connectivity index (χ2n) is 4.18. The molecule has 19 heavy (non-hydrogen) atoms. The van der Waals surface area contributed by atoms with Gasteiger partial charge in [0.15, 0.2) is 0 Å². The van der Waals surface area contributed by atoms with Crippen molar-refractivity contribution in [3.05, 3.63) is 63.1 Å². The average molecular weight is 344 g/mol. The minimum atomic E-state index is -0.328. The predicted octanol–water partition coefficient (Wildman–Crippen LogP) is 4.14. The third-order valence-corrected chi connectivity index (χ3v) is 3.68. The number of hydrogen-bond acceptors (Lipinski definition) is 2. The van der Waals surface area contributed by atoms with Crippen molar-refractivity contribution in [2.45, 2.75) is 12.5 Å². The molecule has 2 nitrogen and oxygen atoms in total. The molecule has 100 valence electrons. The van der Waals surface area contributed by atoms with Crippen LogP contribution in [0.4, 0.5) is 4.39 Å². The zero-order chi connectivity index (χ0) is 13.8. The van der Waals surface area contributed by atoms with Crippen LogP contribution in [0.5, 0.6) is 0 Å². The van der Waals surface area contributed by atoms with Crippen LogP contribution in [-0.2, 0) is 6.42 Å². The van der Waals surface area contributed by atoms with E-state index in [-0.39, 0.29) is 11.9 Å². The van der Waals surface area contributed by atoms with E-state index in [2.05, 4.69) is 26.2 Å². The lowest BCUT2D eigenvalue weighted by Gasteiger charge is -2.17. The second kappa shape index (κ2) is 6.46. The molecule has 1 aromatic heterocycles. The fourth-order valence-electron chi connectivity index (χ4n) is 1.89. The van der Waals surface area contributed by atoms with Crippen LogP contribution in [0.3, 0.4) is 0 Å². The van der Waals surface area contributed by atoms with Crippen LogP contribution in [0.25, 0.3) is 0 Å². The second-order valence-corrected chi connectivity index (χ2v) is 5.50. The average Bonchev–Trinajstić information content (AvgIpc) is 2.39. The van der Waals surface area contributed by atoms with Gasteiger partial charge in [-0.3, -0.25) is 4.98 Å². The van der Waals surface area contributed by atoms with Gasteiger partial charge in [0.05, 0.1) is 0 Å². The molecule has 0 saturated carbocycles. The number of nitrogens with zero attached hydrogens (tertiary/aromatic N) is 1. The van der Waals surface area contributed by atoms with Gasteiger partial charge >= 0.3 is 0 Å². The smallest absolute Gasteiger partial charge is 0.124 e. The summed E-state index contributed by atoms with van der Waals surface area (Å²) in [6, 6.07) is 8.35. The van der Waals surface area contributed by atoms with Crippen LogP contribution in [-0.4, -0.2) is 12.0 Å². The number of pyridine rings is 1. The van der Waals surface area contributed by atoms with Gasteiger partial charge < -0.3 is 5.32 Å². The molecule has 1 heterocycles. The zero-order valence-corrected chi connectivity index (χ0v) is 12.7. The summed E-state index contributed by atoms with van der Waals surface area (Å²) >= 11 is 9.44. The van der Waals surface area contributed by atoms with E-state index in [0.29, 0.717) is 11.4 Å². The molecule has 0 aliphatic rings. The van der Waals surface area contributed by atoms with Crippen LogP contribution in [0.15, 0.2) is 41.0 Å². The summed E-state index contributed by atoms with van der Waals surface area (Å²) in [5, 5.41) is 3.61. The Morgan fingerprint density at radius 3 is 2.74 bits per heavy atom. The quantitative estimate of drug-likeness (QED) is 0.902. The summed E-state index contributed by atoms with van der Waals surface area (Å²) in [6.45, 7) is 0. The van der Waals surface area contributed by atoms with Crippen molar-refractivity contribution < 1.29 is 4.39 Å². The molecular weight excluding hydrogens is 331 g/mol. The Morgan fingerprint density at radius 2 is 2.16 bits per heavy atom. The summed E-state index contributed by atoms with van der Waals surface area (Å²) < 4.78 is 14.0. The zero-order valence-electron chi connectivity index (χ0n) is 10.3. The molecule has 5 heteroatoms. The molecule has 2 rings (SSSR count). The van der Waals surface area contributed by atoms with E-state index in [0.717, 1.165) is 15.7 Å². The highest BCUT2D eigenvalue weighted by atomic mass is 79.9. The summed E-state index contributed by atoms with van der Waals surface area (Å²) in [4.78, 5) is 4.33. The summed E-state index contributed by atoms with van der Waals surface area (Å²) in [5.41, 5.74) is 1.82.